The molecule has 2 aromatic carbocycles. The third-order valence-electron chi connectivity index (χ3n) is 7.85. The van der Waals surface area contributed by atoms with Crippen LogP contribution in [0.1, 0.15) is 38.8 Å². The van der Waals surface area contributed by atoms with Crippen molar-refractivity contribution in [2.24, 2.45) is 0 Å². The van der Waals surface area contributed by atoms with Crippen molar-refractivity contribution in [1.29, 1.82) is 0 Å². The summed E-state index contributed by atoms with van der Waals surface area (Å²) >= 11 is 2.50. The van der Waals surface area contributed by atoms with Crippen molar-refractivity contribution in [3.05, 3.63) is 129 Å². The van der Waals surface area contributed by atoms with Crippen LogP contribution in [0.2, 0.25) is 0 Å². The summed E-state index contributed by atoms with van der Waals surface area (Å²) in [6.07, 6.45) is 5.74. The summed E-state index contributed by atoms with van der Waals surface area (Å²) in [7, 11) is 0. The summed E-state index contributed by atoms with van der Waals surface area (Å²) in [4.78, 5) is 67.3. The smallest absolute Gasteiger partial charge is 0.870 e. The molecule has 0 aliphatic carbocycles. The number of pyridine rings is 2. The number of aromatic nitrogens is 6. The van der Waals surface area contributed by atoms with E-state index >= 15 is 0 Å². The number of carbonyl (C=O) groups excluding carboxylic acids is 1. The molecule has 0 fully saturated rings. The zero-order chi connectivity index (χ0) is 35.1. The Hall–Kier alpha value is -4.52. The van der Waals surface area contributed by atoms with Crippen molar-refractivity contribution in [2.45, 2.75) is 20.8 Å². The third-order valence-corrected chi connectivity index (χ3v) is 10.0. The SMILES string of the molecule is CCOC(=O)c1cnc2sc3c(=O)n(-c4ccc(C)cc4)cnc3c2c1.Cc1ccc(-n2cnc3c(sc4ncc(C(=O)O)cc43)c2=O)cc1.[K+].[OH-]. The molecule has 8 rings (SSSR count). The number of esters is 1. The third kappa shape index (κ3) is 7.37. The van der Waals surface area contributed by atoms with Crippen LogP contribution in [0.3, 0.4) is 0 Å². The van der Waals surface area contributed by atoms with Crippen LogP contribution in [0.25, 0.3) is 52.2 Å². The van der Waals surface area contributed by atoms with Crippen LogP contribution in [-0.2, 0) is 4.74 Å². The second-order valence-corrected chi connectivity index (χ2v) is 13.2. The molecule has 0 amide bonds. The van der Waals surface area contributed by atoms with Crippen LogP contribution >= 0.6 is 22.7 Å². The number of benzene rings is 2. The van der Waals surface area contributed by atoms with E-state index in [9.17, 15) is 19.2 Å². The Balaban J connectivity index is 0.000000194. The Labute approximate surface area is 345 Å². The first kappa shape index (κ1) is 38.7. The number of nitrogens with zero attached hydrogens (tertiary/aromatic N) is 6. The van der Waals surface area contributed by atoms with Gasteiger partial charge in [0.2, 0.25) is 0 Å². The van der Waals surface area contributed by atoms with E-state index in [4.69, 9.17) is 9.84 Å². The molecule has 6 heterocycles. The Bertz CT molecular complexity index is 2740. The van der Waals surface area contributed by atoms with Crippen molar-refractivity contribution in [1.82, 2.24) is 29.1 Å². The van der Waals surface area contributed by atoms with E-state index < -0.39 is 11.9 Å². The van der Waals surface area contributed by atoms with Gasteiger partial charge in [-0.3, -0.25) is 18.7 Å². The van der Waals surface area contributed by atoms with Crippen LogP contribution in [0.15, 0.2) is 95.3 Å². The van der Waals surface area contributed by atoms with Gasteiger partial charge in [0.05, 0.1) is 40.1 Å². The summed E-state index contributed by atoms with van der Waals surface area (Å²) in [5.41, 5.74) is 4.83. The molecule has 0 aliphatic rings. The van der Waals surface area contributed by atoms with Gasteiger partial charge in [-0.15, -0.1) is 22.7 Å². The average Bonchev–Trinajstić information content (AvgIpc) is 3.69. The monoisotopic (exact) mass is 758 g/mol. The Kier molecular flexibility index (Phi) is 11.9. The minimum Gasteiger partial charge on any atom is -0.870 e. The van der Waals surface area contributed by atoms with Gasteiger partial charge in [-0.2, -0.15) is 0 Å². The number of ether oxygens (including phenoxy) is 1. The van der Waals surface area contributed by atoms with Crippen LogP contribution in [-0.4, -0.2) is 58.2 Å². The summed E-state index contributed by atoms with van der Waals surface area (Å²) in [5.74, 6) is -1.49. The van der Waals surface area contributed by atoms with Gasteiger partial charge in [0.15, 0.2) is 0 Å². The van der Waals surface area contributed by atoms with Crippen molar-refractivity contribution in [2.75, 3.05) is 6.61 Å². The molecule has 13 nitrogen and oxygen atoms in total. The number of aryl methyl sites for hydroxylation is 2. The molecule has 16 heteroatoms. The first-order chi connectivity index (χ1) is 24.1. The topological polar surface area (TPSA) is 189 Å². The number of carboxylic acids is 1. The van der Waals surface area contributed by atoms with Crippen molar-refractivity contribution < 1.29 is 76.3 Å². The molecule has 0 aliphatic heterocycles. The average molecular weight is 759 g/mol. The number of carboxylic acid groups (broad SMARTS) is 1. The standard InChI is InChI=1S/C19H15N3O3S.C17H11N3O3S.K.H2O/c1-3-25-19(24)12-8-14-15-16(26-17(14)20-9-12)18(23)22(10-21-15)13-6-4-11(2)5-7-13;1-9-2-4-11(5-3-9)20-8-19-13-12-6-10(17(22)23)7-18-15(12)24-14(13)16(20)21;;/h4-10H,3H2,1-2H3;2-8H,1H3,(H,22,23);;1H2/q;;+1;/p-1. The molecule has 8 aromatic rings. The molecule has 2 N–H and O–H groups in total. The van der Waals surface area contributed by atoms with E-state index in [1.54, 1.807) is 13.0 Å². The fraction of sp³-hybridized carbons (Fsp3) is 0.111. The number of rotatable bonds is 5. The zero-order valence-electron chi connectivity index (χ0n) is 28.2. The Morgan fingerprint density at radius 3 is 1.56 bits per heavy atom. The predicted molar refractivity (Wildman–Crippen MR) is 195 cm³/mol. The van der Waals surface area contributed by atoms with E-state index in [2.05, 4.69) is 19.9 Å². The van der Waals surface area contributed by atoms with Gasteiger partial charge >= 0.3 is 63.3 Å². The molecule has 0 atom stereocenters. The normalized spacial score (nSPS) is 10.8. The second-order valence-electron chi connectivity index (χ2n) is 11.2. The molecule has 0 unspecified atom stereocenters. The molecule has 0 radical (unpaired) electrons. The van der Waals surface area contributed by atoms with Crippen molar-refractivity contribution >= 4 is 75.5 Å². The van der Waals surface area contributed by atoms with Gasteiger partial charge in [-0.05, 0) is 57.2 Å². The maximum atomic E-state index is 12.9. The number of thiophene rings is 2. The second kappa shape index (κ2) is 16.0. The molecule has 256 valence electrons. The van der Waals surface area contributed by atoms with E-state index in [-0.39, 0.29) is 73.5 Å². The fourth-order valence-electron chi connectivity index (χ4n) is 5.26. The maximum Gasteiger partial charge on any atom is 1.00 e. The number of fused-ring (bicyclic) bond motifs is 6. The molecule has 0 bridgehead atoms. The van der Waals surface area contributed by atoms with Gasteiger partial charge < -0.3 is 15.3 Å². The van der Waals surface area contributed by atoms with Gasteiger partial charge in [0, 0.05) is 23.2 Å². The molecule has 0 saturated heterocycles. The van der Waals surface area contributed by atoms with E-state index in [1.807, 2.05) is 62.4 Å². The molecular formula is C36H27KN6O7S2. The van der Waals surface area contributed by atoms with Gasteiger partial charge in [0.25, 0.3) is 11.1 Å². The summed E-state index contributed by atoms with van der Waals surface area (Å²) in [6, 6.07) is 18.4. The molecule has 6 aromatic heterocycles. The van der Waals surface area contributed by atoms with Crippen LogP contribution in [0.4, 0.5) is 0 Å². The first-order valence-electron chi connectivity index (χ1n) is 15.3. The Morgan fingerprint density at radius 1 is 0.712 bits per heavy atom. The molecule has 0 saturated carbocycles. The predicted octanol–water partition coefficient (Wildman–Crippen LogP) is 3.31. The van der Waals surface area contributed by atoms with Crippen LogP contribution in [0.5, 0.6) is 0 Å². The van der Waals surface area contributed by atoms with E-state index in [0.717, 1.165) is 22.5 Å². The van der Waals surface area contributed by atoms with Gasteiger partial charge in [-0.25, -0.2) is 29.5 Å². The van der Waals surface area contributed by atoms with Crippen molar-refractivity contribution in [3.8, 4) is 11.4 Å². The number of aromatic carboxylic acids is 1. The van der Waals surface area contributed by atoms with Crippen molar-refractivity contribution in [3.63, 3.8) is 0 Å². The summed E-state index contributed by atoms with van der Waals surface area (Å²) in [5, 5.41) is 10.4. The summed E-state index contributed by atoms with van der Waals surface area (Å²) < 4.78 is 8.98. The minimum absolute atomic E-state index is 0. The van der Waals surface area contributed by atoms with Gasteiger partial charge in [-0.1, -0.05) is 35.4 Å². The van der Waals surface area contributed by atoms with Gasteiger partial charge in [0.1, 0.15) is 31.7 Å². The van der Waals surface area contributed by atoms with E-state index in [0.29, 0.717) is 53.0 Å². The van der Waals surface area contributed by atoms with E-state index in [1.165, 1.54) is 62.9 Å². The number of carbonyl (C=O) groups is 2. The first-order valence-corrected chi connectivity index (χ1v) is 16.9. The molecular weight excluding hydrogens is 732 g/mol. The summed E-state index contributed by atoms with van der Waals surface area (Å²) in [6.45, 7) is 6.01. The number of hydrogen-bond donors (Lipinski definition) is 1. The number of hydrogen-bond acceptors (Lipinski definition) is 12. The minimum atomic E-state index is -1.06. The quantitative estimate of drug-likeness (QED) is 0.200. The molecule has 0 spiro atoms. The van der Waals surface area contributed by atoms with Crippen LogP contribution in [0, 0.1) is 13.8 Å². The Morgan fingerprint density at radius 2 is 1.13 bits per heavy atom. The van der Waals surface area contributed by atoms with Crippen LogP contribution < -0.4 is 62.5 Å². The largest absolute Gasteiger partial charge is 1.00 e. The fourth-order valence-corrected chi connectivity index (χ4v) is 7.28. The maximum absolute atomic E-state index is 12.9. The molecule has 52 heavy (non-hydrogen) atoms. The zero-order valence-corrected chi connectivity index (χ0v) is 33.0.